The van der Waals surface area contributed by atoms with Crippen molar-refractivity contribution in [3.05, 3.63) is 85.1 Å². The Kier molecular flexibility index (Phi) is 5.86. The van der Waals surface area contributed by atoms with E-state index in [1.807, 2.05) is 19.1 Å². The smallest absolute Gasteiger partial charge is 0.255 e. The molecule has 0 fully saturated rings. The van der Waals surface area contributed by atoms with Gasteiger partial charge in [-0.05, 0) is 37.3 Å². The van der Waals surface area contributed by atoms with Crippen LogP contribution >= 0.6 is 15.9 Å². The molecule has 6 rings (SSSR count). The van der Waals surface area contributed by atoms with E-state index in [0.717, 1.165) is 13.2 Å². The Labute approximate surface area is 241 Å². The summed E-state index contributed by atoms with van der Waals surface area (Å²) in [5.74, 6) is -7.13. The highest BCUT2D eigenvalue weighted by atomic mass is 79.9. The average Bonchev–Trinajstić information content (AvgIpc) is 3.45. The van der Waals surface area contributed by atoms with Crippen LogP contribution < -0.4 is 5.32 Å². The van der Waals surface area contributed by atoms with Crippen molar-refractivity contribution in [1.29, 1.82) is 0 Å². The van der Waals surface area contributed by atoms with Crippen molar-refractivity contribution in [1.82, 2.24) is 5.32 Å². The summed E-state index contributed by atoms with van der Waals surface area (Å²) in [6.45, 7) is 1.86. The Balaban J connectivity index is 1.56. The Morgan fingerprint density at radius 3 is 2.22 bits per heavy atom. The van der Waals surface area contributed by atoms with E-state index in [4.69, 9.17) is 4.74 Å². The normalized spacial score (nSPS) is 22.8. The van der Waals surface area contributed by atoms with Crippen molar-refractivity contribution < 1.29 is 44.0 Å². The standard InChI is InChI=1S/C30H22BrNO9/c1-3-4-5-6-11-9-13-16(29(40)32-11)26(37)21-12(22(13)31)7-8-30(21)27(38)19-20(28(30)39)25(36)18-17(24(19)35)14(33)10-15(41-2)23(18)34/h3-6,10-11,35-37H,7-9H2,1-2H3,(H,32,40)/b4-3+,6-5+. The van der Waals surface area contributed by atoms with Crippen molar-refractivity contribution in [2.45, 2.75) is 37.6 Å². The van der Waals surface area contributed by atoms with Crippen molar-refractivity contribution >= 4 is 45.0 Å². The van der Waals surface area contributed by atoms with Crippen LogP contribution in [0, 0.1) is 0 Å². The number of rotatable bonds is 3. The molecule has 208 valence electrons. The van der Waals surface area contributed by atoms with Gasteiger partial charge in [0.05, 0.1) is 41.0 Å². The molecule has 1 spiro atoms. The lowest BCUT2D eigenvalue weighted by atomic mass is 9.75. The monoisotopic (exact) mass is 619 g/mol. The zero-order valence-electron chi connectivity index (χ0n) is 21.8. The van der Waals surface area contributed by atoms with E-state index in [1.54, 1.807) is 12.2 Å². The molecule has 3 aliphatic carbocycles. The highest BCUT2D eigenvalue weighted by Gasteiger charge is 2.62. The zero-order chi connectivity index (χ0) is 29.5. The summed E-state index contributed by atoms with van der Waals surface area (Å²) in [6.07, 6.45) is 8.41. The molecule has 0 bridgehead atoms. The van der Waals surface area contributed by atoms with E-state index < -0.39 is 79.7 Å². The first kappa shape index (κ1) is 26.7. The van der Waals surface area contributed by atoms with Crippen LogP contribution in [-0.4, -0.2) is 57.5 Å². The summed E-state index contributed by atoms with van der Waals surface area (Å²) < 4.78 is 5.39. The van der Waals surface area contributed by atoms with Crippen LogP contribution in [0.1, 0.15) is 81.8 Å². The number of phenols is 3. The molecule has 2 aromatic carbocycles. The van der Waals surface area contributed by atoms with Crippen LogP contribution in [0.15, 0.2) is 40.6 Å². The van der Waals surface area contributed by atoms with Crippen LogP contribution in [0.25, 0.3) is 0 Å². The van der Waals surface area contributed by atoms with Gasteiger partial charge < -0.3 is 25.4 Å². The third-order valence-electron chi connectivity index (χ3n) is 8.25. The minimum Gasteiger partial charge on any atom is -0.507 e. The summed E-state index contributed by atoms with van der Waals surface area (Å²) in [6, 6.07) is -0.366. The minimum atomic E-state index is -2.09. The van der Waals surface area contributed by atoms with E-state index >= 15 is 0 Å². The minimum absolute atomic E-state index is 0.0869. The van der Waals surface area contributed by atoms with E-state index in [1.165, 1.54) is 0 Å². The van der Waals surface area contributed by atoms with Crippen molar-refractivity contribution in [2.24, 2.45) is 0 Å². The predicted octanol–water partition coefficient (Wildman–Crippen LogP) is 3.53. The summed E-state index contributed by atoms with van der Waals surface area (Å²) in [5, 5.41) is 36.6. The SMILES string of the molecule is C/C=C/C=C/C1Cc2c(Br)c3c(c(O)c2C(=O)N1)C1(CC3)C(=O)c2c(O)c3c(c(O)c2C1=O)C(=O)C(OC)=CC3=O. The largest absolute Gasteiger partial charge is 0.507 e. The number of fused-ring (bicyclic) bond motifs is 5. The first-order chi connectivity index (χ1) is 19.5. The zero-order valence-corrected chi connectivity index (χ0v) is 23.3. The van der Waals surface area contributed by atoms with Crippen LogP contribution in [0.2, 0.25) is 0 Å². The van der Waals surface area contributed by atoms with Crippen LogP contribution in [0.3, 0.4) is 0 Å². The number of amides is 1. The number of benzene rings is 2. The lowest BCUT2D eigenvalue weighted by Gasteiger charge is -2.29. The number of ketones is 4. The number of halogens is 1. The van der Waals surface area contributed by atoms with E-state index in [2.05, 4.69) is 21.2 Å². The van der Waals surface area contributed by atoms with Gasteiger partial charge >= 0.3 is 0 Å². The summed E-state index contributed by atoms with van der Waals surface area (Å²) in [4.78, 5) is 67.2. The lowest BCUT2D eigenvalue weighted by molar-refractivity contribution is 0.0787. The maximum Gasteiger partial charge on any atom is 0.255 e. The van der Waals surface area contributed by atoms with Gasteiger partial charge in [-0.15, -0.1) is 0 Å². The number of hydrogen-bond donors (Lipinski definition) is 4. The molecule has 1 amide bonds. The first-order valence-electron chi connectivity index (χ1n) is 12.7. The number of ether oxygens (including phenoxy) is 1. The quantitative estimate of drug-likeness (QED) is 0.228. The fourth-order valence-electron chi connectivity index (χ4n) is 6.46. The molecule has 2 unspecified atom stereocenters. The van der Waals surface area contributed by atoms with E-state index in [-0.39, 0.29) is 30.0 Å². The van der Waals surface area contributed by atoms with Gasteiger partial charge in [0.25, 0.3) is 5.91 Å². The fraction of sp³-hybridized carbons (Fsp3) is 0.233. The summed E-state index contributed by atoms with van der Waals surface area (Å²) >= 11 is 3.55. The number of carbonyl (C=O) groups excluding carboxylic acids is 5. The molecule has 10 nitrogen and oxygen atoms in total. The first-order valence-corrected chi connectivity index (χ1v) is 13.5. The number of aromatic hydroxyl groups is 3. The Hall–Kier alpha value is -4.51. The molecule has 11 heteroatoms. The fourth-order valence-corrected chi connectivity index (χ4v) is 7.22. The van der Waals surface area contributed by atoms with Crippen molar-refractivity contribution in [2.75, 3.05) is 7.11 Å². The predicted molar refractivity (Wildman–Crippen MR) is 147 cm³/mol. The van der Waals surface area contributed by atoms with Gasteiger partial charge in [0.15, 0.2) is 23.1 Å². The second-order valence-corrected chi connectivity index (χ2v) is 11.0. The Morgan fingerprint density at radius 2 is 1.59 bits per heavy atom. The van der Waals surface area contributed by atoms with Gasteiger partial charge in [0.1, 0.15) is 22.7 Å². The van der Waals surface area contributed by atoms with Gasteiger partial charge in [0, 0.05) is 16.1 Å². The molecule has 0 radical (unpaired) electrons. The van der Waals surface area contributed by atoms with E-state index in [9.17, 15) is 39.3 Å². The number of carbonyl (C=O) groups is 5. The molecular formula is C30H22BrNO9. The number of methoxy groups -OCH3 is 1. The molecule has 4 aliphatic rings. The molecule has 4 N–H and O–H groups in total. The topological polar surface area (TPSA) is 167 Å². The van der Waals surface area contributed by atoms with Gasteiger partial charge in [0.2, 0.25) is 5.78 Å². The second-order valence-electron chi connectivity index (χ2n) is 10.2. The molecular weight excluding hydrogens is 598 g/mol. The molecule has 2 atom stereocenters. The van der Waals surface area contributed by atoms with Crippen LogP contribution in [0.5, 0.6) is 17.2 Å². The van der Waals surface area contributed by atoms with Crippen LogP contribution in [-0.2, 0) is 23.0 Å². The van der Waals surface area contributed by atoms with Crippen LogP contribution in [0.4, 0.5) is 0 Å². The molecule has 0 saturated heterocycles. The molecule has 1 heterocycles. The van der Waals surface area contributed by atoms with Crippen molar-refractivity contribution in [3.63, 3.8) is 0 Å². The third kappa shape index (κ3) is 3.26. The van der Waals surface area contributed by atoms with Crippen molar-refractivity contribution in [3.8, 4) is 17.2 Å². The summed E-state index contributed by atoms with van der Waals surface area (Å²) in [7, 11) is 1.14. The van der Waals surface area contributed by atoms with E-state index in [0.29, 0.717) is 22.0 Å². The number of hydrogen-bond acceptors (Lipinski definition) is 9. The molecule has 0 aromatic heterocycles. The number of Topliss-reactive ketones (excluding diaryl/α,β-unsaturated/α-hetero) is 3. The average molecular weight is 620 g/mol. The maximum absolute atomic E-state index is 14.1. The highest BCUT2D eigenvalue weighted by Crippen LogP contribution is 2.58. The van der Waals surface area contributed by atoms with Gasteiger partial charge in [-0.2, -0.15) is 0 Å². The van der Waals surface area contributed by atoms with Gasteiger partial charge in [-0.1, -0.05) is 40.2 Å². The third-order valence-corrected chi connectivity index (χ3v) is 9.21. The highest BCUT2D eigenvalue weighted by molar-refractivity contribution is 9.10. The molecule has 2 aromatic rings. The number of allylic oxidation sites excluding steroid dienone is 5. The number of nitrogens with one attached hydrogen (secondary N) is 1. The molecule has 41 heavy (non-hydrogen) atoms. The summed E-state index contributed by atoms with van der Waals surface area (Å²) in [5.41, 5.74) is -3.81. The Morgan fingerprint density at radius 1 is 0.927 bits per heavy atom. The second kappa shape index (κ2) is 9.00. The number of phenolic OH excluding ortho intramolecular Hbond substituents is 3. The molecule has 0 saturated carbocycles. The maximum atomic E-state index is 14.1. The molecule has 1 aliphatic heterocycles. The Bertz CT molecular complexity index is 1780. The van der Waals surface area contributed by atoms with Gasteiger partial charge in [-0.25, -0.2) is 0 Å². The van der Waals surface area contributed by atoms with Gasteiger partial charge in [-0.3, -0.25) is 24.0 Å². The lowest BCUT2D eigenvalue weighted by Crippen LogP contribution is -2.41.